The Balaban J connectivity index is 4.49. The maximum absolute atomic E-state index is 12.1. The van der Waals surface area contributed by atoms with Crippen molar-refractivity contribution < 1.29 is 28.9 Å². The van der Waals surface area contributed by atoms with Crippen LogP contribution in [0.5, 0.6) is 0 Å². The molecule has 0 radical (unpaired) electrons. The molecule has 0 aromatic rings. The molecule has 0 spiro atoms. The number of ether oxygens (including phenoxy) is 3. The minimum Gasteiger partial charge on any atom is -0.479 e. The van der Waals surface area contributed by atoms with Crippen molar-refractivity contribution >= 4 is 12.0 Å². The number of nitrogens with one attached hydrogen (secondary N) is 1. The minimum atomic E-state index is -1.12. The number of aliphatic carboxylic acids is 1. The highest BCUT2D eigenvalue weighted by Crippen LogP contribution is 2.01. The van der Waals surface area contributed by atoms with E-state index in [9.17, 15) is 9.59 Å². The van der Waals surface area contributed by atoms with Crippen molar-refractivity contribution in [2.75, 3.05) is 47.6 Å². The van der Waals surface area contributed by atoms with Gasteiger partial charge in [-0.1, -0.05) is 0 Å². The highest BCUT2D eigenvalue weighted by Gasteiger charge is 2.22. The van der Waals surface area contributed by atoms with E-state index in [1.165, 1.54) is 12.0 Å². The van der Waals surface area contributed by atoms with E-state index >= 15 is 0 Å². The Bertz CT molecular complexity index is 300. The number of urea groups is 1. The molecule has 2 unspecified atom stereocenters. The summed E-state index contributed by atoms with van der Waals surface area (Å²) in [6.07, 6.45) is -1.07. The first kappa shape index (κ1) is 18.6. The van der Waals surface area contributed by atoms with E-state index in [1.807, 2.05) is 6.92 Å². The second kappa shape index (κ2) is 10.4. The van der Waals surface area contributed by atoms with E-state index in [2.05, 4.69) is 5.32 Å². The number of rotatable bonds is 10. The van der Waals surface area contributed by atoms with Crippen LogP contribution < -0.4 is 5.32 Å². The first-order valence-electron chi connectivity index (χ1n) is 6.25. The molecule has 0 saturated heterocycles. The van der Waals surface area contributed by atoms with Crippen LogP contribution in [0.3, 0.4) is 0 Å². The number of carboxylic acid groups (broad SMARTS) is 1. The lowest BCUT2D eigenvalue weighted by atomic mass is 10.3. The topological polar surface area (TPSA) is 97.3 Å². The van der Waals surface area contributed by atoms with Crippen LogP contribution in [-0.2, 0) is 19.0 Å². The monoisotopic (exact) mass is 292 g/mol. The van der Waals surface area contributed by atoms with Crippen LogP contribution in [0.1, 0.15) is 6.92 Å². The van der Waals surface area contributed by atoms with Crippen molar-refractivity contribution in [3.8, 4) is 0 Å². The molecule has 2 amide bonds. The van der Waals surface area contributed by atoms with Crippen LogP contribution in [0.25, 0.3) is 0 Å². The van der Waals surface area contributed by atoms with Crippen LogP contribution in [-0.4, -0.2) is 81.8 Å². The molecule has 20 heavy (non-hydrogen) atoms. The predicted molar refractivity (Wildman–Crippen MR) is 71.8 cm³/mol. The molecule has 2 N–H and O–H groups in total. The molecule has 0 saturated carbocycles. The summed E-state index contributed by atoms with van der Waals surface area (Å²) in [6, 6.07) is -0.532. The largest absolute Gasteiger partial charge is 0.479 e. The molecule has 0 heterocycles. The minimum absolute atomic E-state index is 0.103. The zero-order valence-corrected chi connectivity index (χ0v) is 12.4. The van der Waals surface area contributed by atoms with Crippen molar-refractivity contribution in [3.05, 3.63) is 0 Å². The third-order valence-corrected chi connectivity index (χ3v) is 2.74. The third kappa shape index (κ3) is 6.69. The fourth-order valence-corrected chi connectivity index (χ4v) is 1.60. The number of hydrogen-bond donors (Lipinski definition) is 2. The van der Waals surface area contributed by atoms with E-state index < -0.39 is 12.1 Å². The van der Waals surface area contributed by atoms with Crippen LogP contribution >= 0.6 is 0 Å². The van der Waals surface area contributed by atoms with Gasteiger partial charge in [0.25, 0.3) is 0 Å². The van der Waals surface area contributed by atoms with Crippen LogP contribution in [0.15, 0.2) is 0 Å². The molecule has 0 aliphatic rings. The highest BCUT2D eigenvalue weighted by atomic mass is 16.5. The van der Waals surface area contributed by atoms with Crippen molar-refractivity contribution in [1.82, 2.24) is 10.2 Å². The Morgan fingerprint density at radius 1 is 1.25 bits per heavy atom. The SMILES string of the molecule is COCCN(C(=O)NCC(OC)C(=O)O)C(C)COC. The van der Waals surface area contributed by atoms with Gasteiger partial charge in [-0.05, 0) is 6.92 Å². The number of methoxy groups -OCH3 is 3. The van der Waals surface area contributed by atoms with Gasteiger partial charge in [-0.25, -0.2) is 9.59 Å². The lowest BCUT2D eigenvalue weighted by Gasteiger charge is -2.29. The predicted octanol–water partition coefficient (Wildman–Crippen LogP) is -0.221. The van der Waals surface area contributed by atoms with Crippen LogP contribution in [0.4, 0.5) is 4.79 Å². The first-order chi connectivity index (χ1) is 9.47. The fourth-order valence-electron chi connectivity index (χ4n) is 1.60. The average molecular weight is 292 g/mol. The van der Waals surface area contributed by atoms with E-state index in [-0.39, 0.29) is 18.6 Å². The summed E-state index contributed by atoms with van der Waals surface area (Å²) in [5, 5.41) is 11.4. The smallest absolute Gasteiger partial charge is 0.334 e. The molecule has 0 aliphatic heterocycles. The second-order valence-electron chi connectivity index (χ2n) is 4.24. The van der Waals surface area contributed by atoms with Crippen molar-refractivity contribution in [2.45, 2.75) is 19.1 Å². The summed E-state index contributed by atoms with van der Waals surface area (Å²) in [5.74, 6) is -1.12. The Hall–Kier alpha value is -1.38. The maximum atomic E-state index is 12.1. The standard InChI is InChI=1S/C12H24N2O6/c1-9(8-19-3)14(5-6-18-2)12(17)13-7-10(20-4)11(15)16/h9-10H,5-8H2,1-4H3,(H,13,17)(H,15,16). The zero-order valence-electron chi connectivity index (χ0n) is 12.4. The molecular formula is C12H24N2O6. The van der Waals surface area contributed by atoms with Gasteiger partial charge in [0.05, 0.1) is 25.8 Å². The highest BCUT2D eigenvalue weighted by molar-refractivity contribution is 5.77. The molecular weight excluding hydrogens is 268 g/mol. The second-order valence-corrected chi connectivity index (χ2v) is 4.24. The summed E-state index contributed by atoms with van der Waals surface area (Å²) in [7, 11) is 4.37. The summed E-state index contributed by atoms with van der Waals surface area (Å²) >= 11 is 0. The Morgan fingerprint density at radius 2 is 1.90 bits per heavy atom. The van der Waals surface area contributed by atoms with E-state index in [1.54, 1.807) is 14.2 Å². The third-order valence-electron chi connectivity index (χ3n) is 2.74. The lowest BCUT2D eigenvalue weighted by molar-refractivity contribution is -0.148. The fraction of sp³-hybridized carbons (Fsp3) is 0.833. The first-order valence-corrected chi connectivity index (χ1v) is 6.25. The quantitative estimate of drug-likeness (QED) is 0.578. The van der Waals surface area contributed by atoms with Crippen LogP contribution in [0, 0.1) is 0 Å². The van der Waals surface area contributed by atoms with Gasteiger partial charge in [0.1, 0.15) is 0 Å². The molecule has 0 aromatic carbocycles. The van der Waals surface area contributed by atoms with Gasteiger partial charge in [0.2, 0.25) is 0 Å². The molecule has 0 aromatic heterocycles. The number of carbonyl (C=O) groups excluding carboxylic acids is 1. The summed E-state index contributed by atoms with van der Waals surface area (Å²) < 4.78 is 14.7. The zero-order chi connectivity index (χ0) is 15.5. The lowest BCUT2D eigenvalue weighted by Crippen LogP contribution is -2.50. The molecule has 2 atom stereocenters. The normalized spacial score (nSPS) is 13.6. The number of carboxylic acids is 1. The summed E-state index contributed by atoms with van der Waals surface area (Å²) in [6.45, 7) is 2.88. The van der Waals surface area contributed by atoms with Gasteiger partial charge >= 0.3 is 12.0 Å². The molecule has 8 heteroatoms. The Morgan fingerprint density at radius 3 is 2.35 bits per heavy atom. The Kier molecular flexibility index (Phi) is 9.69. The molecule has 0 fully saturated rings. The molecule has 0 bridgehead atoms. The number of nitrogens with zero attached hydrogens (tertiary/aromatic N) is 1. The van der Waals surface area contributed by atoms with Crippen LogP contribution in [0.2, 0.25) is 0 Å². The van der Waals surface area contributed by atoms with Crippen molar-refractivity contribution in [3.63, 3.8) is 0 Å². The van der Waals surface area contributed by atoms with Gasteiger partial charge in [0, 0.05) is 27.9 Å². The molecule has 8 nitrogen and oxygen atoms in total. The maximum Gasteiger partial charge on any atom is 0.334 e. The van der Waals surface area contributed by atoms with E-state index in [4.69, 9.17) is 19.3 Å². The molecule has 118 valence electrons. The van der Waals surface area contributed by atoms with Gasteiger partial charge in [-0.2, -0.15) is 0 Å². The van der Waals surface area contributed by atoms with Gasteiger partial charge < -0.3 is 29.5 Å². The Labute approximate surface area is 119 Å². The van der Waals surface area contributed by atoms with Gasteiger partial charge in [-0.3, -0.25) is 0 Å². The number of amides is 2. The molecule has 0 aliphatic carbocycles. The van der Waals surface area contributed by atoms with Crippen molar-refractivity contribution in [1.29, 1.82) is 0 Å². The van der Waals surface area contributed by atoms with Crippen molar-refractivity contribution in [2.24, 2.45) is 0 Å². The van der Waals surface area contributed by atoms with E-state index in [0.29, 0.717) is 19.8 Å². The average Bonchev–Trinajstić information content (AvgIpc) is 2.39. The van der Waals surface area contributed by atoms with E-state index in [0.717, 1.165) is 0 Å². The number of carbonyl (C=O) groups is 2. The molecule has 0 rings (SSSR count). The number of hydrogen-bond acceptors (Lipinski definition) is 5. The van der Waals surface area contributed by atoms with Gasteiger partial charge in [0.15, 0.2) is 6.10 Å². The summed E-state index contributed by atoms with van der Waals surface area (Å²) in [5.41, 5.74) is 0. The van der Waals surface area contributed by atoms with Gasteiger partial charge in [-0.15, -0.1) is 0 Å². The summed E-state index contributed by atoms with van der Waals surface area (Å²) in [4.78, 5) is 24.4.